The smallest absolute Gasteiger partial charge is 0.293 e. The molecule has 128 valence electrons. The average molecular weight is 326 g/mol. The number of hydrogen-bond donors (Lipinski definition) is 0. The maximum absolute atomic E-state index is 11.3. The highest BCUT2D eigenvalue weighted by molar-refractivity contribution is 5.98. The Balaban J connectivity index is 0.000000123. The van der Waals surface area contributed by atoms with E-state index in [1.165, 1.54) is 37.7 Å². The first-order valence-electron chi connectivity index (χ1n) is 9.44. The Morgan fingerprint density at radius 1 is 0.917 bits per heavy atom. The first-order chi connectivity index (χ1) is 11.7. The lowest BCUT2D eigenvalue weighted by molar-refractivity contribution is -0.155. The van der Waals surface area contributed by atoms with Crippen LogP contribution in [0.2, 0.25) is 0 Å². The van der Waals surface area contributed by atoms with Crippen molar-refractivity contribution in [1.29, 1.82) is 0 Å². The summed E-state index contributed by atoms with van der Waals surface area (Å²) in [5, 5.41) is 0. The molecule has 4 saturated carbocycles. The molecule has 6 rings (SSSR count). The van der Waals surface area contributed by atoms with Crippen molar-refractivity contribution in [2.75, 3.05) is 0 Å². The minimum Gasteiger partial charge on any atom is -0.464 e. The van der Waals surface area contributed by atoms with Crippen LogP contribution in [0.15, 0.2) is 24.3 Å². The van der Waals surface area contributed by atoms with Crippen LogP contribution in [0.5, 0.6) is 0 Å². The lowest BCUT2D eigenvalue weighted by Crippen LogP contribution is -2.49. The summed E-state index contributed by atoms with van der Waals surface area (Å²) in [6.07, 6.45) is 9.87. The predicted octanol–water partition coefficient (Wildman–Crippen LogP) is 4.19. The molecule has 0 aliphatic heterocycles. The van der Waals surface area contributed by atoms with Gasteiger partial charge in [-0.2, -0.15) is 0 Å². The second-order valence-corrected chi connectivity index (χ2v) is 8.06. The van der Waals surface area contributed by atoms with Gasteiger partial charge in [0.1, 0.15) is 6.10 Å². The first-order valence-corrected chi connectivity index (χ1v) is 9.44. The van der Waals surface area contributed by atoms with Crippen molar-refractivity contribution < 1.29 is 14.3 Å². The van der Waals surface area contributed by atoms with Gasteiger partial charge >= 0.3 is 0 Å². The Morgan fingerprint density at radius 2 is 1.58 bits per heavy atom. The van der Waals surface area contributed by atoms with Gasteiger partial charge in [0.15, 0.2) is 5.78 Å². The van der Waals surface area contributed by atoms with E-state index in [1.807, 2.05) is 24.3 Å². The van der Waals surface area contributed by atoms with Crippen molar-refractivity contribution in [2.24, 2.45) is 23.7 Å². The number of Topliss-reactive ketones (excluding diaryl/α,β-unsaturated/α-hetero) is 1. The highest BCUT2D eigenvalue weighted by Gasteiger charge is 2.49. The summed E-state index contributed by atoms with van der Waals surface area (Å²) in [7, 11) is 0. The number of ketones is 1. The first kappa shape index (κ1) is 15.9. The van der Waals surface area contributed by atoms with Crippen LogP contribution < -0.4 is 0 Å². The van der Waals surface area contributed by atoms with Crippen LogP contribution in [0, 0.1) is 23.7 Å². The highest BCUT2D eigenvalue weighted by atomic mass is 16.5. The van der Waals surface area contributed by atoms with Crippen molar-refractivity contribution in [3.63, 3.8) is 0 Å². The lowest BCUT2D eigenvalue weighted by Gasteiger charge is -2.53. The zero-order valence-corrected chi connectivity index (χ0v) is 14.2. The molecular weight excluding hydrogens is 300 g/mol. The van der Waals surface area contributed by atoms with Gasteiger partial charge < -0.3 is 4.74 Å². The van der Waals surface area contributed by atoms with Crippen LogP contribution in [0.25, 0.3) is 0 Å². The molecule has 24 heavy (non-hydrogen) atoms. The van der Waals surface area contributed by atoms with Crippen LogP contribution in [0.1, 0.15) is 60.9 Å². The average Bonchev–Trinajstić information content (AvgIpc) is 2.59. The van der Waals surface area contributed by atoms with Gasteiger partial charge in [0.05, 0.1) is 0 Å². The Bertz CT molecular complexity index is 593. The number of carbonyl (C=O) groups excluding carboxylic acids is 2. The van der Waals surface area contributed by atoms with Gasteiger partial charge in [-0.05, 0) is 74.2 Å². The Labute approximate surface area is 143 Å². The Hall–Kier alpha value is -1.64. The number of rotatable bonds is 2. The summed E-state index contributed by atoms with van der Waals surface area (Å²) in [6.45, 7) is 0.660. The van der Waals surface area contributed by atoms with Gasteiger partial charge in [-0.15, -0.1) is 0 Å². The van der Waals surface area contributed by atoms with Crippen LogP contribution in [0.3, 0.4) is 0 Å². The van der Waals surface area contributed by atoms with Crippen molar-refractivity contribution in [1.82, 2.24) is 0 Å². The zero-order chi connectivity index (χ0) is 16.5. The quantitative estimate of drug-likeness (QED) is 0.765. The fourth-order valence-corrected chi connectivity index (χ4v) is 5.75. The topological polar surface area (TPSA) is 43.4 Å². The number of carbonyl (C=O) groups is 2. The van der Waals surface area contributed by atoms with Crippen LogP contribution in [-0.4, -0.2) is 18.4 Å². The number of ether oxygens (including phenoxy) is 1. The third kappa shape index (κ3) is 3.01. The van der Waals surface area contributed by atoms with Gasteiger partial charge in [0, 0.05) is 12.0 Å². The van der Waals surface area contributed by atoms with E-state index in [4.69, 9.17) is 4.74 Å². The molecule has 0 atom stereocenters. The third-order valence-electron chi connectivity index (χ3n) is 6.52. The van der Waals surface area contributed by atoms with E-state index in [9.17, 15) is 9.59 Å². The summed E-state index contributed by atoms with van der Waals surface area (Å²) >= 11 is 0. The van der Waals surface area contributed by atoms with Crippen molar-refractivity contribution >= 4 is 12.3 Å². The molecular formula is C21H26O3. The molecule has 1 aromatic carbocycles. The second-order valence-electron chi connectivity index (χ2n) is 8.06. The summed E-state index contributed by atoms with van der Waals surface area (Å²) in [6, 6.07) is 7.91. The fraction of sp³-hybridized carbons (Fsp3) is 0.619. The number of fused-ring (bicyclic) bond motifs is 1. The van der Waals surface area contributed by atoms with Crippen molar-refractivity contribution in [2.45, 2.75) is 57.5 Å². The van der Waals surface area contributed by atoms with E-state index in [2.05, 4.69) is 0 Å². The Kier molecular flexibility index (Phi) is 4.43. The number of aryl methyl sites for hydroxylation is 1. The maximum atomic E-state index is 11.3. The molecule has 0 aromatic heterocycles. The molecule has 4 bridgehead atoms. The SMILES string of the molecule is O=C1CCCc2ccccc21.O=COC1C2CC3CC(C2)CC1C3. The van der Waals surface area contributed by atoms with Crippen molar-refractivity contribution in [3.05, 3.63) is 35.4 Å². The summed E-state index contributed by atoms with van der Waals surface area (Å²) in [4.78, 5) is 21.7. The molecule has 4 fully saturated rings. The van der Waals surface area contributed by atoms with Gasteiger partial charge in [0.25, 0.3) is 6.47 Å². The van der Waals surface area contributed by atoms with Gasteiger partial charge in [0.2, 0.25) is 0 Å². The van der Waals surface area contributed by atoms with E-state index >= 15 is 0 Å². The molecule has 0 amide bonds. The molecule has 0 radical (unpaired) electrons. The van der Waals surface area contributed by atoms with E-state index < -0.39 is 0 Å². The highest BCUT2D eigenvalue weighted by Crippen LogP contribution is 2.54. The van der Waals surface area contributed by atoms with Gasteiger partial charge in [-0.25, -0.2) is 0 Å². The minimum absolute atomic E-state index is 0.283. The fourth-order valence-electron chi connectivity index (χ4n) is 5.75. The van der Waals surface area contributed by atoms with E-state index in [0.29, 0.717) is 24.1 Å². The Morgan fingerprint density at radius 3 is 2.21 bits per heavy atom. The van der Waals surface area contributed by atoms with Crippen LogP contribution in [-0.2, 0) is 16.0 Å². The normalized spacial score (nSPS) is 35.7. The van der Waals surface area contributed by atoms with E-state index in [0.717, 1.165) is 36.7 Å². The minimum atomic E-state index is 0.283. The molecule has 0 spiro atoms. The number of benzene rings is 1. The molecule has 5 aliphatic rings. The van der Waals surface area contributed by atoms with E-state index in [1.54, 1.807) is 0 Å². The molecule has 3 heteroatoms. The number of hydrogen-bond acceptors (Lipinski definition) is 3. The monoisotopic (exact) mass is 326 g/mol. The van der Waals surface area contributed by atoms with Gasteiger partial charge in [-0.1, -0.05) is 24.3 Å². The molecule has 1 aromatic rings. The molecule has 0 heterocycles. The summed E-state index contributed by atoms with van der Waals surface area (Å²) in [5.74, 6) is 3.66. The lowest BCUT2D eigenvalue weighted by atomic mass is 9.55. The molecule has 0 unspecified atom stereocenters. The summed E-state index contributed by atoms with van der Waals surface area (Å²) in [5.41, 5.74) is 2.17. The second kappa shape index (κ2) is 6.70. The largest absolute Gasteiger partial charge is 0.464 e. The zero-order valence-electron chi connectivity index (χ0n) is 14.2. The summed E-state index contributed by atoms with van der Waals surface area (Å²) < 4.78 is 5.24. The standard InChI is InChI=1S/C11H16O2.C10H10O/c12-6-13-11-9-2-7-1-8(4-9)5-10(11)3-7;11-10-7-3-5-8-4-1-2-6-9(8)10/h6-11H,1-5H2;1-2,4,6H,3,5,7H2. The molecule has 0 N–H and O–H groups in total. The predicted molar refractivity (Wildman–Crippen MR) is 91.7 cm³/mol. The molecule has 5 aliphatic carbocycles. The third-order valence-corrected chi connectivity index (χ3v) is 6.52. The van der Waals surface area contributed by atoms with E-state index in [-0.39, 0.29) is 6.10 Å². The van der Waals surface area contributed by atoms with Crippen LogP contribution in [0.4, 0.5) is 0 Å². The van der Waals surface area contributed by atoms with Crippen molar-refractivity contribution in [3.8, 4) is 0 Å². The van der Waals surface area contributed by atoms with Crippen LogP contribution >= 0.6 is 0 Å². The van der Waals surface area contributed by atoms with Gasteiger partial charge in [-0.3, -0.25) is 9.59 Å². The molecule has 3 nitrogen and oxygen atoms in total. The maximum Gasteiger partial charge on any atom is 0.293 e. The molecule has 0 saturated heterocycles.